The highest BCUT2D eigenvalue weighted by Crippen LogP contribution is 2.31. The number of benzene rings is 1. The summed E-state index contributed by atoms with van der Waals surface area (Å²) in [6.07, 6.45) is 0. The van der Waals surface area contributed by atoms with Crippen LogP contribution in [0.25, 0.3) is 11.5 Å². The molecule has 2 saturated heterocycles. The van der Waals surface area contributed by atoms with Gasteiger partial charge in [-0.2, -0.15) is 0 Å². The molecule has 1 aromatic carbocycles. The van der Waals surface area contributed by atoms with Gasteiger partial charge in [0.2, 0.25) is 5.89 Å². The molecule has 0 saturated carbocycles. The quantitative estimate of drug-likeness (QED) is 0.920. The molecule has 0 bridgehead atoms. The Morgan fingerprint density at radius 3 is 2.52 bits per heavy atom. The maximum Gasteiger partial charge on any atom is 0.318 e. The summed E-state index contributed by atoms with van der Waals surface area (Å²) in [5.41, 5.74) is 0.913. The highest BCUT2D eigenvalue weighted by atomic mass is 16.5. The lowest BCUT2D eigenvalue weighted by atomic mass is 10.0. The Balaban J connectivity index is 1.52. The monoisotopic (exact) mass is 286 g/mol. The molecule has 1 N–H and O–H groups in total. The molecule has 0 radical (unpaired) electrons. The lowest BCUT2D eigenvalue weighted by molar-refractivity contribution is 0.415. The molecule has 2 aliphatic heterocycles. The number of hydrogen-bond donors (Lipinski definition) is 1. The van der Waals surface area contributed by atoms with Gasteiger partial charge >= 0.3 is 6.01 Å². The average Bonchev–Trinajstić information content (AvgIpc) is 3.22. The van der Waals surface area contributed by atoms with Crippen LogP contribution in [0.2, 0.25) is 0 Å². The zero-order valence-electron chi connectivity index (χ0n) is 12.0. The summed E-state index contributed by atoms with van der Waals surface area (Å²) in [7, 11) is 1.65. The molecule has 2 unspecified atom stereocenters. The number of aromatic nitrogens is 2. The number of hydrogen-bond acceptors (Lipinski definition) is 6. The molecule has 6 nitrogen and oxygen atoms in total. The van der Waals surface area contributed by atoms with Crippen molar-refractivity contribution in [2.24, 2.45) is 11.8 Å². The van der Waals surface area contributed by atoms with E-state index in [2.05, 4.69) is 20.4 Å². The summed E-state index contributed by atoms with van der Waals surface area (Å²) >= 11 is 0. The molecule has 110 valence electrons. The Morgan fingerprint density at radius 1 is 1.14 bits per heavy atom. The van der Waals surface area contributed by atoms with Crippen molar-refractivity contribution in [1.29, 1.82) is 0 Å². The second kappa shape index (κ2) is 5.04. The minimum Gasteiger partial charge on any atom is -0.497 e. The minimum atomic E-state index is 0.558. The third-order valence-corrected chi connectivity index (χ3v) is 4.41. The van der Waals surface area contributed by atoms with E-state index >= 15 is 0 Å². The fraction of sp³-hybridized carbons (Fsp3) is 0.467. The number of nitrogens with zero attached hydrogens (tertiary/aromatic N) is 3. The van der Waals surface area contributed by atoms with E-state index in [4.69, 9.17) is 9.15 Å². The van der Waals surface area contributed by atoms with Gasteiger partial charge in [-0.15, -0.1) is 5.10 Å². The highest BCUT2D eigenvalue weighted by molar-refractivity contribution is 5.55. The summed E-state index contributed by atoms with van der Waals surface area (Å²) in [4.78, 5) is 2.20. The van der Waals surface area contributed by atoms with Gasteiger partial charge < -0.3 is 19.4 Å². The Hall–Kier alpha value is -2.08. The Morgan fingerprint density at radius 2 is 1.86 bits per heavy atom. The summed E-state index contributed by atoms with van der Waals surface area (Å²) in [6.45, 7) is 4.20. The fourth-order valence-electron chi connectivity index (χ4n) is 3.21. The van der Waals surface area contributed by atoms with Gasteiger partial charge in [0.15, 0.2) is 0 Å². The van der Waals surface area contributed by atoms with Crippen molar-refractivity contribution in [1.82, 2.24) is 15.5 Å². The summed E-state index contributed by atoms with van der Waals surface area (Å²) in [5, 5.41) is 11.8. The molecule has 0 amide bonds. The topological polar surface area (TPSA) is 63.4 Å². The average molecular weight is 286 g/mol. The standard InChI is InChI=1S/C15H18N4O2/c1-20-13-4-2-10(3-5-13)14-17-18-15(21-14)19-8-11-6-16-7-12(11)9-19/h2-5,11-12,16H,6-9H2,1H3. The van der Waals surface area contributed by atoms with E-state index in [1.54, 1.807) is 7.11 Å². The lowest BCUT2D eigenvalue weighted by Crippen LogP contribution is -2.25. The largest absolute Gasteiger partial charge is 0.497 e. The number of fused-ring (bicyclic) bond motifs is 1. The van der Waals surface area contributed by atoms with Gasteiger partial charge in [0.05, 0.1) is 7.11 Å². The summed E-state index contributed by atoms with van der Waals surface area (Å²) in [5.74, 6) is 2.80. The van der Waals surface area contributed by atoms with Crippen LogP contribution in [0.15, 0.2) is 28.7 Å². The highest BCUT2D eigenvalue weighted by Gasteiger charge is 2.37. The number of nitrogens with one attached hydrogen (secondary N) is 1. The van der Waals surface area contributed by atoms with Crippen LogP contribution in [0.1, 0.15) is 0 Å². The van der Waals surface area contributed by atoms with Crippen LogP contribution >= 0.6 is 0 Å². The molecule has 2 atom stereocenters. The first-order chi connectivity index (χ1) is 10.3. The van der Waals surface area contributed by atoms with Gasteiger partial charge in [-0.3, -0.25) is 0 Å². The minimum absolute atomic E-state index is 0.558. The zero-order valence-corrected chi connectivity index (χ0v) is 12.0. The van der Waals surface area contributed by atoms with E-state index in [0.717, 1.165) is 37.5 Å². The van der Waals surface area contributed by atoms with Gasteiger partial charge in [-0.1, -0.05) is 5.10 Å². The Labute approximate surface area is 123 Å². The predicted octanol–water partition coefficient (Wildman–Crippen LogP) is 1.40. The Kier molecular flexibility index (Phi) is 3.03. The molecular formula is C15H18N4O2. The van der Waals surface area contributed by atoms with Crippen molar-refractivity contribution in [2.45, 2.75) is 0 Å². The zero-order chi connectivity index (χ0) is 14.2. The van der Waals surface area contributed by atoms with E-state index in [-0.39, 0.29) is 0 Å². The van der Waals surface area contributed by atoms with Gasteiger partial charge in [0.1, 0.15) is 5.75 Å². The van der Waals surface area contributed by atoms with Crippen molar-refractivity contribution in [3.63, 3.8) is 0 Å². The summed E-state index contributed by atoms with van der Waals surface area (Å²) < 4.78 is 11.0. The van der Waals surface area contributed by atoms with Gasteiger partial charge in [-0.25, -0.2) is 0 Å². The summed E-state index contributed by atoms with van der Waals surface area (Å²) in [6, 6.07) is 8.28. The van der Waals surface area contributed by atoms with Crippen LogP contribution in [0.3, 0.4) is 0 Å². The van der Waals surface area contributed by atoms with E-state index in [1.165, 1.54) is 0 Å². The molecule has 6 heteroatoms. The molecule has 2 fully saturated rings. The molecule has 1 aromatic heterocycles. The third-order valence-electron chi connectivity index (χ3n) is 4.41. The smallest absolute Gasteiger partial charge is 0.318 e. The molecule has 0 aliphatic carbocycles. The van der Waals surface area contributed by atoms with E-state index in [1.807, 2.05) is 24.3 Å². The van der Waals surface area contributed by atoms with Crippen LogP contribution < -0.4 is 15.0 Å². The first kappa shape index (κ1) is 12.6. The van der Waals surface area contributed by atoms with Crippen LogP contribution in [-0.2, 0) is 0 Å². The second-order valence-corrected chi connectivity index (χ2v) is 5.70. The van der Waals surface area contributed by atoms with Gasteiger partial charge in [-0.05, 0) is 36.1 Å². The van der Waals surface area contributed by atoms with Crippen molar-refractivity contribution in [2.75, 3.05) is 38.2 Å². The van der Waals surface area contributed by atoms with Crippen molar-refractivity contribution < 1.29 is 9.15 Å². The van der Waals surface area contributed by atoms with E-state index in [0.29, 0.717) is 23.7 Å². The maximum atomic E-state index is 5.83. The molecule has 4 rings (SSSR count). The van der Waals surface area contributed by atoms with Crippen LogP contribution in [0.5, 0.6) is 5.75 Å². The number of ether oxygens (including phenoxy) is 1. The lowest BCUT2D eigenvalue weighted by Gasteiger charge is -2.13. The van der Waals surface area contributed by atoms with Crippen LogP contribution in [0, 0.1) is 11.8 Å². The fourth-order valence-corrected chi connectivity index (χ4v) is 3.21. The predicted molar refractivity (Wildman–Crippen MR) is 78.3 cm³/mol. The first-order valence-electron chi connectivity index (χ1n) is 7.27. The Bertz CT molecular complexity index is 613. The van der Waals surface area contributed by atoms with Gasteiger partial charge in [0, 0.05) is 31.7 Å². The van der Waals surface area contributed by atoms with Crippen molar-refractivity contribution >= 4 is 6.01 Å². The first-order valence-corrected chi connectivity index (χ1v) is 7.27. The van der Waals surface area contributed by atoms with Crippen LogP contribution in [0.4, 0.5) is 6.01 Å². The molecule has 3 heterocycles. The SMILES string of the molecule is COc1ccc(-c2nnc(N3CC4CNCC4C3)o2)cc1. The maximum absolute atomic E-state index is 5.83. The van der Waals surface area contributed by atoms with Crippen LogP contribution in [-0.4, -0.2) is 43.5 Å². The van der Waals surface area contributed by atoms with E-state index in [9.17, 15) is 0 Å². The second-order valence-electron chi connectivity index (χ2n) is 5.70. The van der Waals surface area contributed by atoms with E-state index < -0.39 is 0 Å². The molecule has 0 spiro atoms. The normalized spacial score (nSPS) is 24.3. The number of anilines is 1. The van der Waals surface area contributed by atoms with Crippen molar-refractivity contribution in [3.05, 3.63) is 24.3 Å². The molecule has 2 aliphatic rings. The molecule has 2 aromatic rings. The third kappa shape index (κ3) is 2.25. The number of methoxy groups -OCH3 is 1. The molecule has 21 heavy (non-hydrogen) atoms. The number of rotatable bonds is 3. The molecular weight excluding hydrogens is 268 g/mol. The van der Waals surface area contributed by atoms with Gasteiger partial charge in [0.25, 0.3) is 0 Å². The van der Waals surface area contributed by atoms with Crippen molar-refractivity contribution in [3.8, 4) is 17.2 Å².